The van der Waals surface area contributed by atoms with Crippen LogP contribution in [0.15, 0.2) is 23.8 Å². The molecule has 0 spiro atoms. The fraction of sp³-hybridized carbons (Fsp3) is 0.872. The fourth-order valence-electron chi connectivity index (χ4n) is 12.8. The summed E-state index contributed by atoms with van der Waals surface area (Å²) < 4.78 is 24.1. The number of carboxylic acid groups (broad SMARTS) is 1. The Hall–Kier alpha value is -1.41. The zero-order valence-electron chi connectivity index (χ0n) is 30.4. The van der Waals surface area contributed by atoms with E-state index in [0.29, 0.717) is 18.3 Å². The Morgan fingerprint density at radius 3 is 2.20 bits per heavy atom. The lowest BCUT2D eigenvalue weighted by Crippen LogP contribution is -2.65. The summed E-state index contributed by atoms with van der Waals surface area (Å²) in [4.78, 5) is 12.3. The van der Waals surface area contributed by atoms with Crippen LogP contribution in [0.25, 0.3) is 0 Å². The summed E-state index contributed by atoms with van der Waals surface area (Å²) in [5, 5.41) is 62.2. The molecule has 282 valence electrons. The second-order valence-electron chi connectivity index (χ2n) is 18.3. The fourth-order valence-corrected chi connectivity index (χ4v) is 12.8. The number of hydrogen-bond acceptors (Lipinski definition) is 10. The van der Waals surface area contributed by atoms with Crippen molar-refractivity contribution in [1.29, 1.82) is 0 Å². The Labute approximate surface area is 296 Å². The van der Waals surface area contributed by atoms with E-state index in [0.717, 1.165) is 56.9 Å². The summed E-state index contributed by atoms with van der Waals surface area (Å²) in [6, 6.07) is 0. The second kappa shape index (κ2) is 12.9. The lowest BCUT2D eigenvalue weighted by Gasteiger charge is -2.70. The zero-order valence-corrected chi connectivity index (χ0v) is 30.4. The summed E-state index contributed by atoms with van der Waals surface area (Å²) in [5.41, 5.74) is 2.39. The van der Waals surface area contributed by atoms with Crippen molar-refractivity contribution >= 4 is 5.97 Å². The SMILES string of the molecule is C=C1CC(C(=O)O)C2CCC3(C)C(=CCC4C5(C)CCC(OC6OCC(O)C(O)C6OC6OCC(O)C(O)C6O)C(C)(C)C5CCC43C)C2C1. The van der Waals surface area contributed by atoms with Gasteiger partial charge in [-0.25, -0.2) is 0 Å². The van der Waals surface area contributed by atoms with Crippen LogP contribution in [-0.2, 0) is 23.7 Å². The highest BCUT2D eigenvalue weighted by atomic mass is 16.7. The molecule has 0 bridgehead atoms. The van der Waals surface area contributed by atoms with Gasteiger partial charge in [-0.1, -0.05) is 58.4 Å². The largest absolute Gasteiger partial charge is 0.481 e. The van der Waals surface area contributed by atoms with Gasteiger partial charge in [-0.15, -0.1) is 0 Å². The Kier molecular flexibility index (Phi) is 9.51. The van der Waals surface area contributed by atoms with Crippen LogP contribution < -0.4 is 0 Å². The molecule has 0 radical (unpaired) electrons. The molecule has 11 nitrogen and oxygen atoms in total. The molecule has 17 unspecified atom stereocenters. The van der Waals surface area contributed by atoms with Crippen molar-refractivity contribution < 1.29 is 54.4 Å². The normalized spacial score (nSPS) is 53.2. The molecule has 11 heteroatoms. The first-order valence-corrected chi connectivity index (χ1v) is 19.0. The van der Waals surface area contributed by atoms with Gasteiger partial charge in [0.2, 0.25) is 0 Å². The number of allylic oxidation sites excluding steroid dienone is 3. The van der Waals surface area contributed by atoms with Gasteiger partial charge in [0.25, 0.3) is 0 Å². The Morgan fingerprint density at radius 1 is 0.820 bits per heavy atom. The van der Waals surface area contributed by atoms with Crippen LogP contribution in [0.5, 0.6) is 0 Å². The first-order valence-electron chi connectivity index (χ1n) is 19.0. The molecule has 6 N–H and O–H groups in total. The van der Waals surface area contributed by atoms with Crippen molar-refractivity contribution in [1.82, 2.24) is 0 Å². The van der Waals surface area contributed by atoms with Gasteiger partial charge in [0.1, 0.15) is 36.6 Å². The molecule has 0 aromatic carbocycles. The van der Waals surface area contributed by atoms with Gasteiger partial charge in [-0.3, -0.25) is 4.79 Å². The van der Waals surface area contributed by atoms with E-state index in [1.54, 1.807) is 0 Å². The predicted molar refractivity (Wildman–Crippen MR) is 181 cm³/mol. The summed E-state index contributed by atoms with van der Waals surface area (Å²) in [5.74, 6) is 0.199. The molecule has 0 aromatic heterocycles. The van der Waals surface area contributed by atoms with E-state index in [1.807, 2.05) is 0 Å². The van der Waals surface area contributed by atoms with Crippen molar-refractivity contribution in [3.63, 3.8) is 0 Å². The number of carbonyl (C=O) groups is 1. The summed E-state index contributed by atoms with van der Waals surface area (Å²) in [6.07, 6.45) is 0.000942. The lowest BCUT2D eigenvalue weighted by molar-refractivity contribution is -0.357. The van der Waals surface area contributed by atoms with E-state index in [4.69, 9.17) is 18.9 Å². The molecule has 7 rings (SSSR count). The molecule has 17 atom stereocenters. The molecule has 2 heterocycles. The Bertz CT molecular complexity index is 1360. The highest BCUT2D eigenvalue weighted by Gasteiger charge is 2.67. The van der Waals surface area contributed by atoms with Gasteiger partial charge in [0.15, 0.2) is 12.6 Å². The predicted octanol–water partition coefficient (Wildman–Crippen LogP) is 3.55. The number of rotatable bonds is 5. The molecule has 4 saturated carbocycles. The van der Waals surface area contributed by atoms with Crippen LogP contribution in [0.2, 0.25) is 0 Å². The number of aliphatic hydroxyl groups excluding tert-OH is 5. The number of aliphatic hydroxyl groups is 5. The molecular formula is C39H60O11. The Balaban J connectivity index is 1.11. The first kappa shape index (κ1) is 36.9. The average Bonchev–Trinajstić information content (AvgIpc) is 3.05. The van der Waals surface area contributed by atoms with E-state index < -0.39 is 55.2 Å². The molecular weight excluding hydrogens is 644 g/mol. The third-order valence-corrected chi connectivity index (χ3v) is 15.7. The first-order chi connectivity index (χ1) is 23.4. The average molecular weight is 705 g/mol. The van der Waals surface area contributed by atoms with Crippen molar-refractivity contribution in [2.75, 3.05) is 13.2 Å². The summed E-state index contributed by atoms with van der Waals surface area (Å²) in [7, 11) is 0. The Morgan fingerprint density at radius 2 is 1.50 bits per heavy atom. The highest BCUT2D eigenvalue weighted by Crippen LogP contribution is 2.74. The maximum Gasteiger partial charge on any atom is 0.307 e. The lowest BCUT2D eigenvalue weighted by atomic mass is 9.34. The molecule has 0 aromatic rings. The molecule has 2 saturated heterocycles. The standard InChI is InChI=1S/C39H60O11/c1-19-15-21-20(22(16-19)33(45)46)9-13-38(5)23(21)7-8-27-37(4)12-11-28(36(2,3)26(37)10-14-39(27,38)6)49-35-32(30(43)25(41)18-48-35)50-34-31(44)29(42)24(40)17-47-34/h7,20-22,24-32,34-35,40-44H,1,8-18H2,2-6H3,(H,45,46). The van der Waals surface area contributed by atoms with Crippen molar-refractivity contribution in [3.05, 3.63) is 23.8 Å². The molecule has 7 aliphatic rings. The van der Waals surface area contributed by atoms with E-state index >= 15 is 0 Å². The minimum absolute atomic E-state index is 0.00389. The summed E-state index contributed by atoms with van der Waals surface area (Å²) in [6.45, 7) is 15.9. The maximum absolute atomic E-state index is 12.3. The number of fused-ring (bicyclic) bond motifs is 7. The zero-order chi connectivity index (χ0) is 36.1. The van der Waals surface area contributed by atoms with Crippen LogP contribution in [0.1, 0.15) is 92.4 Å². The molecule has 6 fully saturated rings. The van der Waals surface area contributed by atoms with Crippen molar-refractivity contribution in [2.24, 2.45) is 51.2 Å². The van der Waals surface area contributed by atoms with Crippen LogP contribution in [-0.4, -0.2) is 105 Å². The molecule has 2 aliphatic heterocycles. The quantitative estimate of drug-likeness (QED) is 0.182. The third-order valence-electron chi connectivity index (χ3n) is 15.7. The van der Waals surface area contributed by atoms with E-state index in [2.05, 4.69) is 47.3 Å². The van der Waals surface area contributed by atoms with Gasteiger partial charge in [-0.2, -0.15) is 0 Å². The van der Waals surface area contributed by atoms with Gasteiger partial charge in [0.05, 0.1) is 25.2 Å². The van der Waals surface area contributed by atoms with Crippen LogP contribution >= 0.6 is 0 Å². The minimum Gasteiger partial charge on any atom is -0.481 e. The number of ether oxygens (including phenoxy) is 4. The summed E-state index contributed by atoms with van der Waals surface area (Å²) >= 11 is 0. The molecule has 0 amide bonds. The van der Waals surface area contributed by atoms with Crippen molar-refractivity contribution in [3.8, 4) is 0 Å². The molecule has 50 heavy (non-hydrogen) atoms. The minimum atomic E-state index is -1.56. The number of carboxylic acids is 1. The maximum atomic E-state index is 12.3. The van der Waals surface area contributed by atoms with Gasteiger partial charge < -0.3 is 49.6 Å². The van der Waals surface area contributed by atoms with E-state index in [-0.39, 0.29) is 58.7 Å². The van der Waals surface area contributed by atoms with Crippen LogP contribution in [0.3, 0.4) is 0 Å². The number of aliphatic carboxylic acids is 1. The van der Waals surface area contributed by atoms with E-state index in [1.165, 1.54) is 5.57 Å². The smallest absolute Gasteiger partial charge is 0.307 e. The topological polar surface area (TPSA) is 175 Å². The van der Waals surface area contributed by atoms with Gasteiger partial charge in [-0.05, 0) is 103 Å². The third kappa shape index (κ3) is 5.51. The van der Waals surface area contributed by atoms with Gasteiger partial charge >= 0.3 is 5.97 Å². The van der Waals surface area contributed by atoms with Crippen molar-refractivity contribution in [2.45, 2.75) is 148 Å². The second-order valence-corrected chi connectivity index (χ2v) is 18.3. The molecule has 5 aliphatic carbocycles. The van der Waals surface area contributed by atoms with Crippen LogP contribution in [0, 0.1) is 51.2 Å². The van der Waals surface area contributed by atoms with Crippen LogP contribution in [0.4, 0.5) is 0 Å². The highest BCUT2D eigenvalue weighted by molar-refractivity contribution is 5.71. The number of hydrogen-bond donors (Lipinski definition) is 6. The van der Waals surface area contributed by atoms with Gasteiger partial charge in [0, 0.05) is 0 Å². The van der Waals surface area contributed by atoms with E-state index in [9.17, 15) is 35.4 Å². The monoisotopic (exact) mass is 704 g/mol.